The quantitative estimate of drug-likeness (QED) is 0.359. The summed E-state index contributed by atoms with van der Waals surface area (Å²) in [4.78, 5) is 10.5. The fourth-order valence-corrected chi connectivity index (χ4v) is 1.05. The van der Waals surface area contributed by atoms with Gasteiger partial charge in [-0.3, -0.25) is 4.79 Å². The lowest BCUT2D eigenvalue weighted by Crippen LogP contribution is -2.18. The lowest BCUT2D eigenvalue weighted by molar-refractivity contribution is -0.134. The molecule has 14 heavy (non-hydrogen) atoms. The second kappa shape index (κ2) is 7.71. The van der Waals surface area contributed by atoms with Crippen LogP contribution >= 0.6 is 0 Å². The summed E-state index contributed by atoms with van der Waals surface area (Å²) < 4.78 is 10.8. The fourth-order valence-electron chi connectivity index (χ4n) is 1.05. The van der Waals surface area contributed by atoms with E-state index in [1.807, 2.05) is 20.8 Å². The van der Waals surface area contributed by atoms with E-state index >= 15 is 0 Å². The van der Waals surface area contributed by atoms with Crippen molar-refractivity contribution in [2.45, 2.75) is 40.4 Å². The average molecular weight is 200 g/mol. The molecule has 0 amide bonds. The zero-order valence-corrected chi connectivity index (χ0v) is 9.50. The highest BCUT2D eigenvalue weighted by Gasteiger charge is 2.09. The Bertz CT molecular complexity index is 191. The molecule has 0 N–H and O–H groups in total. The van der Waals surface area contributed by atoms with Crippen molar-refractivity contribution >= 4 is 6.29 Å². The van der Waals surface area contributed by atoms with Gasteiger partial charge in [0, 0.05) is 19.6 Å². The van der Waals surface area contributed by atoms with Gasteiger partial charge in [-0.2, -0.15) is 0 Å². The van der Waals surface area contributed by atoms with E-state index in [-0.39, 0.29) is 6.29 Å². The van der Waals surface area contributed by atoms with Crippen molar-refractivity contribution in [3.8, 4) is 0 Å². The smallest absolute Gasteiger partial charge is 0.161 e. The Morgan fingerprint density at radius 1 is 1.21 bits per heavy atom. The first-order valence-electron chi connectivity index (χ1n) is 5.00. The van der Waals surface area contributed by atoms with Gasteiger partial charge in [-0.25, -0.2) is 0 Å². The summed E-state index contributed by atoms with van der Waals surface area (Å²) in [6.45, 7) is 8.83. The number of carbonyl (C=O) groups excluding carboxylic acids is 1. The van der Waals surface area contributed by atoms with E-state index in [9.17, 15) is 4.79 Å². The van der Waals surface area contributed by atoms with Crippen LogP contribution < -0.4 is 0 Å². The molecule has 0 saturated carbocycles. The third-order valence-corrected chi connectivity index (χ3v) is 2.03. The number of hydrogen-bond donors (Lipinski definition) is 0. The molecule has 0 rings (SSSR count). The lowest BCUT2D eigenvalue weighted by Gasteiger charge is -2.17. The van der Waals surface area contributed by atoms with E-state index < -0.39 is 0 Å². The number of hydrogen-bond acceptors (Lipinski definition) is 3. The molecule has 0 atom stereocenters. The summed E-state index contributed by atoms with van der Waals surface area (Å²) in [7, 11) is 0. The van der Waals surface area contributed by atoms with Gasteiger partial charge >= 0.3 is 0 Å². The highest BCUT2D eigenvalue weighted by molar-refractivity contribution is 5.73. The molecule has 0 aliphatic carbocycles. The van der Waals surface area contributed by atoms with Gasteiger partial charge in [-0.15, -0.1) is 0 Å². The van der Waals surface area contributed by atoms with E-state index in [0.29, 0.717) is 19.6 Å². The Labute approximate surface area is 86.1 Å². The molecule has 0 aliphatic rings. The van der Waals surface area contributed by atoms with Crippen LogP contribution in [0.1, 0.15) is 34.1 Å². The van der Waals surface area contributed by atoms with Gasteiger partial charge in [0.25, 0.3) is 0 Å². The Kier molecular flexibility index (Phi) is 7.34. The molecule has 3 heteroatoms. The minimum atomic E-state index is -0.222. The van der Waals surface area contributed by atoms with Crippen molar-refractivity contribution in [1.82, 2.24) is 0 Å². The number of ether oxygens (including phenoxy) is 2. The van der Waals surface area contributed by atoms with Gasteiger partial charge in [-0.05, 0) is 33.3 Å². The molecule has 0 spiro atoms. The second-order valence-electron chi connectivity index (χ2n) is 3.13. The molecule has 0 fully saturated rings. The Balaban J connectivity index is 4.20. The largest absolute Gasteiger partial charge is 0.353 e. The van der Waals surface area contributed by atoms with Crippen LogP contribution in [0.2, 0.25) is 0 Å². The topological polar surface area (TPSA) is 35.5 Å². The van der Waals surface area contributed by atoms with Crippen molar-refractivity contribution in [1.29, 1.82) is 0 Å². The molecule has 0 aliphatic heterocycles. The van der Waals surface area contributed by atoms with Crippen molar-refractivity contribution < 1.29 is 14.3 Å². The summed E-state index contributed by atoms with van der Waals surface area (Å²) in [5, 5.41) is 0. The number of carbonyl (C=O) groups is 1. The first-order valence-corrected chi connectivity index (χ1v) is 5.00. The van der Waals surface area contributed by atoms with Gasteiger partial charge in [0.05, 0.1) is 0 Å². The van der Waals surface area contributed by atoms with Gasteiger partial charge in [0.2, 0.25) is 0 Å². The number of rotatable bonds is 7. The highest BCUT2D eigenvalue weighted by Crippen LogP contribution is 2.12. The van der Waals surface area contributed by atoms with Crippen LogP contribution in [0.4, 0.5) is 0 Å². The van der Waals surface area contributed by atoms with Gasteiger partial charge in [0.1, 0.15) is 6.29 Å². The molecule has 0 radical (unpaired) electrons. The monoisotopic (exact) mass is 200 g/mol. The summed E-state index contributed by atoms with van der Waals surface area (Å²) in [5.41, 5.74) is 1.78. The highest BCUT2D eigenvalue weighted by atomic mass is 16.7. The maximum Gasteiger partial charge on any atom is 0.161 e. The van der Waals surface area contributed by atoms with E-state index in [4.69, 9.17) is 9.47 Å². The first-order chi connectivity index (χ1) is 6.65. The molecule has 0 aromatic heterocycles. The number of aldehydes is 1. The Morgan fingerprint density at radius 2 is 1.71 bits per heavy atom. The molecule has 0 heterocycles. The minimum absolute atomic E-state index is 0.222. The summed E-state index contributed by atoms with van der Waals surface area (Å²) in [5.74, 6) is 0. The zero-order chi connectivity index (χ0) is 11.0. The van der Waals surface area contributed by atoms with Gasteiger partial charge in [-0.1, -0.05) is 5.57 Å². The van der Waals surface area contributed by atoms with Crippen LogP contribution in [-0.2, 0) is 14.3 Å². The lowest BCUT2D eigenvalue weighted by atomic mass is 10.1. The molecular formula is C11H20O3. The van der Waals surface area contributed by atoms with Gasteiger partial charge in [0.15, 0.2) is 6.29 Å². The van der Waals surface area contributed by atoms with E-state index in [1.165, 1.54) is 0 Å². The molecule has 82 valence electrons. The summed E-state index contributed by atoms with van der Waals surface area (Å²) in [6.07, 6.45) is 1.30. The predicted molar refractivity (Wildman–Crippen MR) is 56.1 cm³/mol. The van der Waals surface area contributed by atoms with Crippen LogP contribution in [0.5, 0.6) is 0 Å². The van der Waals surface area contributed by atoms with Crippen molar-refractivity contribution in [2.24, 2.45) is 0 Å². The third kappa shape index (κ3) is 5.14. The van der Waals surface area contributed by atoms with E-state index in [0.717, 1.165) is 17.4 Å². The second-order valence-corrected chi connectivity index (χ2v) is 3.13. The maximum atomic E-state index is 10.5. The summed E-state index contributed by atoms with van der Waals surface area (Å²) >= 11 is 0. The van der Waals surface area contributed by atoms with Crippen LogP contribution in [0, 0.1) is 0 Å². The maximum absolute atomic E-state index is 10.5. The molecule has 0 unspecified atom stereocenters. The molecule has 0 saturated heterocycles. The van der Waals surface area contributed by atoms with E-state index in [1.54, 1.807) is 6.92 Å². The zero-order valence-electron chi connectivity index (χ0n) is 9.50. The molecule has 0 bridgehead atoms. The normalized spacial score (nSPS) is 12.9. The third-order valence-electron chi connectivity index (χ3n) is 2.03. The Hall–Kier alpha value is -0.670. The van der Waals surface area contributed by atoms with Crippen molar-refractivity contribution in [2.75, 3.05) is 13.2 Å². The van der Waals surface area contributed by atoms with Crippen LogP contribution in [0.15, 0.2) is 11.1 Å². The number of allylic oxidation sites excluding steroid dienone is 1. The molecule has 0 aromatic carbocycles. The van der Waals surface area contributed by atoms with Crippen LogP contribution in [0.3, 0.4) is 0 Å². The van der Waals surface area contributed by atoms with Gasteiger partial charge < -0.3 is 9.47 Å². The predicted octanol–water partition coefficient (Wildman–Crippen LogP) is 2.31. The van der Waals surface area contributed by atoms with Crippen molar-refractivity contribution in [3.63, 3.8) is 0 Å². The standard InChI is InChI=1S/C11H20O3/c1-5-13-11(14-6-2)7-9(3)10(4)8-12/h8,11H,5-7H2,1-4H3/b10-9-. The van der Waals surface area contributed by atoms with E-state index in [2.05, 4.69) is 0 Å². The fraction of sp³-hybridized carbons (Fsp3) is 0.727. The van der Waals surface area contributed by atoms with Crippen molar-refractivity contribution in [3.05, 3.63) is 11.1 Å². The van der Waals surface area contributed by atoms with Crippen LogP contribution in [-0.4, -0.2) is 25.8 Å². The molecular weight excluding hydrogens is 180 g/mol. The molecule has 3 nitrogen and oxygen atoms in total. The minimum Gasteiger partial charge on any atom is -0.353 e. The SMILES string of the molecule is CCOC(C/C(C)=C(/C)C=O)OCC. The molecule has 0 aromatic rings. The van der Waals surface area contributed by atoms with Crippen LogP contribution in [0.25, 0.3) is 0 Å². The first kappa shape index (κ1) is 13.3. The Morgan fingerprint density at radius 3 is 2.07 bits per heavy atom. The summed E-state index contributed by atoms with van der Waals surface area (Å²) in [6, 6.07) is 0. The average Bonchev–Trinajstić information content (AvgIpc) is 2.17.